The zero-order valence-electron chi connectivity index (χ0n) is 29.8. The SMILES string of the molecule is C=CC1=C(/C=C\C)C2(c3ccccc3Cc3c2ccc2c4ccccc4n(-c4ccc5sc6ccccc6c5c4)c32)c2cccc3c4ccccc4n1c23. The van der Waals surface area contributed by atoms with E-state index in [1.165, 1.54) is 103 Å². The number of hydrogen-bond acceptors (Lipinski definition) is 1. The molecule has 0 radical (unpaired) electrons. The maximum atomic E-state index is 4.51. The van der Waals surface area contributed by atoms with E-state index >= 15 is 0 Å². The third kappa shape index (κ3) is 3.60. The molecule has 3 aromatic heterocycles. The summed E-state index contributed by atoms with van der Waals surface area (Å²) in [6.07, 6.45) is 7.50. The largest absolute Gasteiger partial charge is 0.309 e. The van der Waals surface area contributed by atoms with Crippen LogP contribution in [-0.2, 0) is 11.8 Å². The first-order valence-electron chi connectivity index (χ1n) is 18.8. The Bertz CT molecular complexity index is 3340. The Kier molecular flexibility index (Phi) is 6.03. The van der Waals surface area contributed by atoms with Gasteiger partial charge in [0.05, 0.1) is 33.2 Å². The van der Waals surface area contributed by atoms with Gasteiger partial charge in [-0.2, -0.15) is 0 Å². The van der Waals surface area contributed by atoms with Crippen LogP contribution >= 0.6 is 11.3 Å². The standard InChI is InChI=1S/C51H34N2S/c1-3-14-42-44(4-2)53-46-23-11-7-16-33(46)36-19-13-21-43(50(36)53)51(42)40-20-9-5-15-31(40)29-39-41(51)27-26-37-34-17-6-10-22-45(34)52(49(37)39)32-25-28-48-38(30-32)35-18-8-12-24-47(35)54-48/h3-28,30H,2,29H2,1H3/b14-3-. The molecule has 10 aromatic rings. The smallest absolute Gasteiger partial charge is 0.0748 e. The van der Waals surface area contributed by atoms with Crippen LogP contribution in [-0.4, -0.2) is 9.13 Å². The average Bonchev–Trinajstić information content (AvgIpc) is 3.88. The molecule has 4 heterocycles. The third-order valence-electron chi connectivity index (χ3n) is 12.3. The molecule has 7 aromatic carbocycles. The highest BCUT2D eigenvalue weighted by atomic mass is 32.1. The van der Waals surface area contributed by atoms with Crippen LogP contribution in [0.3, 0.4) is 0 Å². The highest BCUT2D eigenvalue weighted by Crippen LogP contribution is 2.59. The molecule has 0 amide bonds. The van der Waals surface area contributed by atoms with Crippen LogP contribution in [0.1, 0.15) is 34.7 Å². The maximum Gasteiger partial charge on any atom is 0.0748 e. The molecule has 54 heavy (non-hydrogen) atoms. The topological polar surface area (TPSA) is 9.86 Å². The van der Waals surface area contributed by atoms with Crippen LogP contribution in [0.5, 0.6) is 0 Å². The van der Waals surface area contributed by atoms with E-state index in [2.05, 4.69) is 186 Å². The minimum atomic E-state index is -0.576. The summed E-state index contributed by atoms with van der Waals surface area (Å²) < 4.78 is 7.68. The van der Waals surface area contributed by atoms with Crippen LogP contribution in [0.2, 0.25) is 0 Å². The van der Waals surface area contributed by atoms with Crippen molar-refractivity contribution in [3.05, 3.63) is 204 Å². The van der Waals surface area contributed by atoms with Gasteiger partial charge in [-0.3, -0.25) is 0 Å². The number of nitrogens with zero attached hydrogens (tertiary/aromatic N) is 2. The fraction of sp³-hybridized carbons (Fsp3) is 0.0588. The Labute approximate surface area is 316 Å². The van der Waals surface area contributed by atoms with Crippen molar-refractivity contribution in [3.8, 4) is 5.69 Å². The number of aromatic nitrogens is 2. The summed E-state index contributed by atoms with van der Waals surface area (Å²) in [6.45, 7) is 6.66. The van der Waals surface area contributed by atoms with Crippen LogP contribution in [0.25, 0.3) is 75.2 Å². The Balaban J connectivity index is 1.28. The van der Waals surface area contributed by atoms with Gasteiger partial charge in [-0.25, -0.2) is 0 Å². The lowest BCUT2D eigenvalue weighted by Gasteiger charge is -2.46. The van der Waals surface area contributed by atoms with E-state index in [1.807, 2.05) is 11.3 Å². The highest BCUT2D eigenvalue weighted by molar-refractivity contribution is 7.25. The van der Waals surface area contributed by atoms with Crippen LogP contribution < -0.4 is 0 Å². The third-order valence-corrected chi connectivity index (χ3v) is 13.5. The van der Waals surface area contributed by atoms with E-state index in [0.29, 0.717) is 0 Å². The predicted molar refractivity (Wildman–Crippen MR) is 230 cm³/mol. The summed E-state index contributed by atoms with van der Waals surface area (Å²) >= 11 is 1.87. The molecule has 2 nitrogen and oxygen atoms in total. The number of hydrogen-bond donors (Lipinski definition) is 0. The molecule has 0 saturated heterocycles. The number of allylic oxidation sites excluding steroid dienone is 5. The summed E-state index contributed by atoms with van der Waals surface area (Å²) in [5.41, 5.74) is 14.8. The van der Waals surface area contributed by atoms with Crippen molar-refractivity contribution < 1.29 is 0 Å². The van der Waals surface area contributed by atoms with Gasteiger partial charge >= 0.3 is 0 Å². The van der Waals surface area contributed by atoms with Crippen molar-refractivity contribution in [1.82, 2.24) is 9.13 Å². The molecule has 12 rings (SSSR count). The van der Waals surface area contributed by atoms with Gasteiger partial charge in [0.15, 0.2) is 0 Å². The van der Waals surface area contributed by atoms with E-state index in [9.17, 15) is 0 Å². The molecule has 0 saturated carbocycles. The summed E-state index contributed by atoms with van der Waals surface area (Å²) in [6, 6.07) is 54.7. The molecule has 254 valence electrons. The molecule has 0 bridgehead atoms. The minimum absolute atomic E-state index is 0.576. The van der Waals surface area contributed by atoms with Gasteiger partial charge in [-0.15, -0.1) is 11.3 Å². The number of thiophene rings is 1. The predicted octanol–water partition coefficient (Wildman–Crippen LogP) is 13.5. The summed E-state index contributed by atoms with van der Waals surface area (Å²) in [5, 5.41) is 7.74. The second-order valence-electron chi connectivity index (χ2n) is 14.8. The first-order chi connectivity index (χ1) is 26.7. The lowest BCUT2D eigenvalue weighted by molar-refractivity contribution is 0.697. The van der Waals surface area contributed by atoms with E-state index < -0.39 is 5.41 Å². The Morgan fingerprint density at radius 3 is 2.06 bits per heavy atom. The Hall–Kier alpha value is -6.42. The van der Waals surface area contributed by atoms with Crippen molar-refractivity contribution in [2.24, 2.45) is 0 Å². The molecular weight excluding hydrogens is 673 g/mol. The van der Waals surface area contributed by atoms with Crippen LogP contribution in [0, 0.1) is 0 Å². The van der Waals surface area contributed by atoms with Gasteiger partial charge in [0.2, 0.25) is 0 Å². The first kappa shape index (κ1) is 30.1. The second kappa shape index (κ2) is 10.8. The van der Waals surface area contributed by atoms with Gasteiger partial charge in [-0.1, -0.05) is 128 Å². The van der Waals surface area contributed by atoms with E-state index in [0.717, 1.165) is 12.1 Å². The molecular formula is C51H34N2S. The molecule has 0 fully saturated rings. The Morgan fingerprint density at radius 2 is 1.24 bits per heavy atom. The van der Waals surface area contributed by atoms with Crippen molar-refractivity contribution in [2.75, 3.05) is 0 Å². The van der Waals surface area contributed by atoms with Crippen molar-refractivity contribution in [2.45, 2.75) is 18.8 Å². The number of para-hydroxylation sites is 3. The molecule has 1 aliphatic carbocycles. The average molecular weight is 707 g/mol. The fourth-order valence-electron chi connectivity index (χ4n) is 10.3. The van der Waals surface area contributed by atoms with Gasteiger partial charge < -0.3 is 9.13 Å². The first-order valence-corrected chi connectivity index (χ1v) is 19.6. The van der Waals surface area contributed by atoms with Gasteiger partial charge in [0.1, 0.15) is 0 Å². The molecule has 1 aliphatic heterocycles. The van der Waals surface area contributed by atoms with Crippen LogP contribution in [0.4, 0.5) is 0 Å². The van der Waals surface area contributed by atoms with E-state index in [-0.39, 0.29) is 0 Å². The summed E-state index contributed by atoms with van der Waals surface area (Å²) in [4.78, 5) is 0. The van der Waals surface area contributed by atoms with Gasteiger partial charge in [-0.05, 0) is 82.8 Å². The van der Waals surface area contributed by atoms with Crippen molar-refractivity contribution in [1.29, 1.82) is 0 Å². The van der Waals surface area contributed by atoms with E-state index in [1.54, 1.807) is 0 Å². The molecule has 2 aliphatic rings. The molecule has 3 heteroatoms. The minimum Gasteiger partial charge on any atom is -0.309 e. The molecule has 0 N–H and O–H groups in total. The molecule has 1 atom stereocenters. The normalized spacial score (nSPS) is 16.5. The van der Waals surface area contributed by atoms with Gasteiger partial charge in [0.25, 0.3) is 0 Å². The second-order valence-corrected chi connectivity index (χ2v) is 15.8. The van der Waals surface area contributed by atoms with Crippen molar-refractivity contribution in [3.63, 3.8) is 0 Å². The summed E-state index contributed by atoms with van der Waals surface area (Å²) in [5.74, 6) is 0. The summed E-state index contributed by atoms with van der Waals surface area (Å²) in [7, 11) is 0. The van der Waals surface area contributed by atoms with Gasteiger partial charge in [0, 0.05) is 53.8 Å². The van der Waals surface area contributed by atoms with Crippen LogP contribution in [0.15, 0.2) is 176 Å². The number of rotatable bonds is 3. The monoisotopic (exact) mass is 706 g/mol. The molecule has 1 unspecified atom stereocenters. The quantitative estimate of drug-likeness (QED) is 0.173. The lowest BCUT2D eigenvalue weighted by atomic mass is 9.57. The number of benzene rings is 7. The number of fused-ring (bicyclic) bond motifs is 15. The van der Waals surface area contributed by atoms with Crippen molar-refractivity contribution >= 4 is 80.8 Å². The maximum absolute atomic E-state index is 4.51. The lowest BCUT2D eigenvalue weighted by Crippen LogP contribution is -2.39. The zero-order chi connectivity index (χ0) is 35.7. The molecule has 1 spiro atoms. The highest BCUT2D eigenvalue weighted by Gasteiger charge is 2.49. The Morgan fingerprint density at radius 1 is 0.574 bits per heavy atom. The zero-order valence-corrected chi connectivity index (χ0v) is 30.6. The van der Waals surface area contributed by atoms with E-state index in [4.69, 9.17) is 0 Å². The fourth-order valence-corrected chi connectivity index (χ4v) is 11.4.